The van der Waals surface area contributed by atoms with Crippen molar-refractivity contribution in [1.29, 1.82) is 0 Å². The number of carbonyl (C=O) groups is 3. The third kappa shape index (κ3) is 4.27. The minimum Gasteiger partial charge on any atom is -0.469 e. The summed E-state index contributed by atoms with van der Waals surface area (Å²) in [7, 11) is 1.46. The van der Waals surface area contributed by atoms with E-state index in [0.717, 1.165) is 38.5 Å². The Morgan fingerprint density at radius 1 is 1.03 bits per heavy atom. The van der Waals surface area contributed by atoms with E-state index in [1.54, 1.807) is 0 Å². The quantitative estimate of drug-likeness (QED) is 0.473. The summed E-state index contributed by atoms with van der Waals surface area (Å²) in [6.07, 6.45) is 9.93. The topological polar surface area (TPSA) is 69.7 Å². The van der Waals surface area contributed by atoms with Crippen LogP contribution in [0.1, 0.15) is 98.3 Å². The number of rotatable bonds is 6. The molecule has 4 saturated carbocycles. The summed E-state index contributed by atoms with van der Waals surface area (Å²) >= 11 is 0. The molecule has 0 spiro atoms. The largest absolute Gasteiger partial charge is 0.469 e. The Labute approximate surface area is 199 Å². The highest BCUT2D eigenvalue weighted by Gasteiger charge is 2.63. The Bertz CT molecular complexity index is 776. The van der Waals surface area contributed by atoms with Gasteiger partial charge in [0.15, 0.2) is 0 Å². The highest BCUT2D eigenvalue weighted by molar-refractivity contribution is 5.83. The zero-order valence-corrected chi connectivity index (χ0v) is 21.4. The monoisotopic (exact) mass is 460 g/mol. The van der Waals surface area contributed by atoms with Crippen LogP contribution in [0.5, 0.6) is 0 Å². The van der Waals surface area contributed by atoms with Crippen LogP contribution in [-0.2, 0) is 23.9 Å². The van der Waals surface area contributed by atoms with Crippen LogP contribution in [0.15, 0.2) is 0 Å². The van der Waals surface area contributed by atoms with E-state index in [4.69, 9.17) is 9.47 Å². The lowest BCUT2D eigenvalue weighted by atomic mass is 9.44. The van der Waals surface area contributed by atoms with Gasteiger partial charge in [0.05, 0.1) is 7.11 Å². The van der Waals surface area contributed by atoms with Crippen LogP contribution in [0.25, 0.3) is 0 Å². The third-order valence-corrected chi connectivity index (χ3v) is 10.8. The standard InChI is InChI=1S/C28H44O5/c1-6-24(30)33-19-11-13-27(3)18(15-19)16-23(29)26-21-9-8-20(17(2)7-10-25(31)32-5)28(21,4)14-12-22(26)27/h17-22,26H,6-16H2,1-5H3/t17-,18?,19-,20?,21?,22?,26?,27+,28-/m1/s1. The van der Waals surface area contributed by atoms with E-state index in [2.05, 4.69) is 20.8 Å². The minimum absolute atomic E-state index is 0.0137. The lowest BCUT2D eigenvalue weighted by Crippen LogP contribution is -2.57. The second kappa shape index (κ2) is 9.34. The highest BCUT2D eigenvalue weighted by atomic mass is 16.5. The molecule has 0 saturated heterocycles. The van der Waals surface area contributed by atoms with Crippen LogP contribution in [0.4, 0.5) is 0 Å². The number of Topliss-reactive ketones (excluding diaryl/α,β-unsaturated/α-hetero) is 1. The average Bonchev–Trinajstić information content (AvgIpc) is 3.15. The first-order chi connectivity index (χ1) is 15.6. The molecule has 0 N–H and O–H groups in total. The summed E-state index contributed by atoms with van der Waals surface area (Å²) in [4.78, 5) is 37.2. The maximum Gasteiger partial charge on any atom is 0.305 e. The van der Waals surface area contributed by atoms with Crippen molar-refractivity contribution in [2.75, 3.05) is 7.11 Å². The van der Waals surface area contributed by atoms with E-state index in [1.165, 1.54) is 20.0 Å². The van der Waals surface area contributed by atoms with Crippen LogP contribution >= 0.6 is 0 Å². The summed E-state index contributed by atoms with van der Waals surface area (Å²) in [5.74, 6) is 2.77. The number of methoxy groups -OCH3 is 1. The maximum absolute atomic E-state index is 13.7. The number of hydrogen-bond acceptors (Lipinski definition) is 5. The molecule has 4 rings (SSSR count). The number of carbonyl (C=O) groups excluding carboxylic acids is 3. The molecule has 0 amide bonds. The molecule has 0 radical (unpaired) electrons. The molecule has 5 heteroatoms. The molecule has 0 aromatic carbocycles. The number of ketones is 1. The SMILES string of the molecule is CCC(=O)O[C@@H]1CC[C@@]2(C)C(CC(=O)C3C2CC[C@@]2(C)C3CCC2[C@H](C)CCC(=O)OC)C1. The van der Waals surface area contributed by atoms with E-state index in [9.17, 15) is 14.4 Å². The molecule has 0 aromatic heterocycles. The van der Waals surface area contributed by atoms with Gasteiger partial charge in [0.1, 0.15) is 11.9 Å². The molecule has 0 aliphatic heterocycles. The molecule has 0 heterocycles. The first-order valence-corrected chi connectivity index (χ1v) is 13.4. The summed E-state index contributed by atoms with van der Waals surface area (Å²) in [5, 5.41) is 0. The van der Waals surface area contributed by atoms with Gasteiger partial charge in [0.25, 0.3) is 0 Å². The molecular weight excluding hydrogens is 416 g/mol. The van der Waals surface area contributed by atoms with Crippen molar-refractivity contribution in [3.63, 3.8) is 0 Å². The number of esters is 2. The van der Waals surface area contributed by atoms with Crippen molar-refractivity contribution in [3.05, 3.63) is 0 Å². The van der Waals surface area contributed by atoms with Gasteiger partial charge >= 0.3 is 11.9 Å². The molecule has 9 atom stereocenters. The number of hydrogen-bond donors (Lipinski definition) is 0. The second-order valence-electron chi connectivity index (χ2n) is 12.2. The molecule has 0 bridgehead atoms. The number of fused-ring (bicyclic) bond motifs is 5. The highest BCUT2D eigenvalue weighted by Crippen LogP contribution is 2.67. The molecule has 4 aliphatic rings. The lowest BCUT2D eigenvalue weighted by Gasteiger charge is -2.60. The van der Waals surface area contributed by atoms with Crippen molar-refractivity contribution in [2.24, 2.45) is 46.3 Å². The molecular formula is C28H44O5. The first kappa shape index (κ1) is 24.7. The molecule has 5 unspecified atom stereocenters. The van der Waals surface area contributed by atoms with Crippen molar-refractivity contribution >= 4 is 17.7 Å². The summed E-state index contributed by atoms with van der Waals surface area (Å²) in [6, 6.07) is 0. The maximum atomic E-state index is 13.7. The van der Waals surface area contributed by atoms with Gasteiger partial charge in [-0.2, -0.15) is 0 Å². The van der Waals surface area contributed by atoms with Gasteiger partial charge in [0.2, 0.25) is 0 Å². The lowest BCUT2D eigenvalue weighted by molar-refractivity contribution is -0.168. The van der Waals surface area contributed by atoms with Crippen LogP contribution in [0.2, 0.25) is 0 Å². The zero-order chi connectivity index (χ0) is 24.0. The van der Waals surface area contributed by atoms with Gasteiger partial charge in [-0.3, -0.25) is 14.4 Å². The minimum atomic E-state index is -0.119. The molecule has 5 nitrogen and oxygen atoms in total. The van der Waals surface area contributed by atoms with E-state index >= 15 is 0 Å². The fraction of sp³-hybridized carbons (Fsp3) is 0.893. The first-order valence-electron chi connectivity index (χ1n) is 13.4. The van der Waals surface area contributed by atoms with E-state index in [1.807, 2.05) is 6.92 Å². The van der Waals surface area contributed by atoms with Gasteiger partial charge in [-0.15, -0.1) is 0 Å². The molecule has 4 aliphatic carbocycles. The van der Waals surface area contributed by atoms with Gasteiger partial charge in [-0.05, 0) is 91.8 Å². The molecule has 186 valence electrons. The van der Waals surface area contributed by atoms with Crippen LogP contribution < -0.4 is 0 Å². The van der Waals surface area contributed by atoms with E-state index in [0.29, 0.717) is 54.6 Å². The third-order valence-electron chi connectivity index (χ3n) is 10.8. The predicted molar refractivity (Wildman–Crippen MR) is 126 cm³/mol. The van der Waals surface area contributed by atoms with E-state index < -0.39 is 0 Å². The number of ether oxygens (including phenoxy) is 2. The Balaban J connectivity index is 1.49. The smallest absolute Gasteiger partial charge is 0.305 e. The summed E-state index contributed by atoms with van der Waals surface area (Å²) < 4.78 is 10.6. The van der Waals surface area contributed by atoms with Gasteiger partial charge in [0, 0.05) is 25.2 Å². The molecule has 0 aromatic rings. The molecule has 33 heavy (non-hydrogen) atoms. The van der Waals surface area contributed by atoms with Crippen molar-refractivity contribution < 1.29 is 23.9 Å². The van der Waals surface area contributed by atoms with Gasteiger partial charge in [-0.25, -0.2) is 0 Å². The van der Waals surface area contributed by atoms with Crippen molar-refractivity contribution in [1.82, 2.24) is 0 Å². The Kier molecular flexibility index (Phi) is 7.00. The normalized spacial score (nSPS) is 43.1. The summed E-state index contributed by atoms with van der Waals surface area (Å²) in [6.45, 7) is 9.02. The summed E-state index contributed by atoms with van der Waals surface area (Å²) in [5.41, 5.74) is 0.382. The van der Waals surface area contributed by atoms with Crippen molar-refractivity contribution in [2.45, 2.75) is 104 Å². The average molecular weight is 461 g/mol. The van der Waals surface area contributed by atoms with Gasteiger partial charge in [-0.1, -0.05) is 27.7 Å². The Morgan fingerprint density at radius 3 is 2.42 bits per heavy atom. The second-order valence-corrected chi connectivity index (χ2v) is 12.2. The Morgan fingerprint density at radius 2 is 1.73 bits per heavy atom. The van der Waals surface area contributed by atoms with Crippen LogP contribution in [0.3, 0.4) is 0 Å². The van der Waals surface area contributed by atoms with Crippen LogP contribution in [-0.4, -0.2) is 30.9 Å². The fourth-order valence-electron chi connectivity index (χ4n) is 8.89. The molecule has 4 fully saturated rings. The predicted octanol–water partition coefficient (Wildman–Crippen LogP) is 5.74. The van der Waals surface area contributed by atoms with Crippen LogP contribution in [0, 0.1) is 46.3 Å². The Hall–Kier alpha value is -1.39. The zero-order valence-electron chi connectivity index (χ0n) is 21.4. The van der Waals surface area contributed by atoms with Gasteiger partial charge < -0.3 is 9.47 Å². The fourth-order valence-corrected chi connectivity index (χ4v) is 8.89. The van der Waals surface area contributed by atoms with Crippen molar-refractivity contribution in [3.8, 4) is 0 Å². The van der Waals surface area contributed by atoms with E-state index in [-0.39, 0.29) is 34.8 Å².